The molecule has 0 spiro atoms. The molecule has 0 aliphatic carbocycles. The third-order valence-electron chi connectivity index (χ3n) is 3.42. The molecule has 110 valence electrons. The van der Waals surface area contributed by atoms with Crippen LogP contribution in [0.3, 0.4) is 0 Å². The van der Waals surface area contributed by atoms with Crippen LogP contribution in [0.15, 0.2) is 83.3 Å². The van der Waals surface area contributed by atoms with E-state index in [9.17, 15) is 0 Å². The van der Waals surface area contributed by atoms with E-state index < -0.39 is 0 Å². The van der Waals surface area contributed by atoms with Crippen molar-refractivity contribution in [3.05, 3.63) is 84.2 Å². The highest BCUT2D eigenvalue weighted by atomic mass is 15.6. The van der Waals surface area contributed by atoms with Crippen LogP contribution in [-0.4, -0.2) is 28.6 Å². The van der Waals surface area contributed by atoms with Crippen molar-refractivity contribution in [1.82, 2.24) is 10.0 Å². The Hall–Kier alpha value is -2.88. The largest absolute Gasteiger partial charge is 0.247 e. The molecule has 0 saturated carbocycles. The van der Waals surface area contributed by atoms with Crippen LogP contribution in [0.1, 0.15) is 18.1 Å². The Morgan fingerprint density at radius 1 is 0.727 bits per heavy atom. The lowest BCUT2D eigenvalue weighted by atomic mass is 10.2. The van der Waals surface area contributed by atoms with Gasteiger partial charge in [0, 0.05) is 12.4 Å². The fourth-order valence-corrected chi connectivity index (χ4v) is 2.12. The summed E-state index contributed by atoms with van der Waals surface area (Å²) < 4.78 is 0. The van der Waals surface area contributed by atoms with E-state index in [-0.39, 0.29) is 6.17 Å². The standard InChI is InChI=1S/C18H18N4/c1-16-21(19-14-17-8-4-2-5-9-17)12-13-22(16)20-15-18-10-6-3-7-11-18/h2-16H,1H3. The van der Waals surface area contributed by atoms with Crippen molar-refractivity contribution in [1.29, 1.82) is 0 Å². The van der Waals surface area contributed by atoms with E-state index in [1.165, 1.54) is 0 Å². The quantitative estimate of drug-likeness (QED) is 0.807. The zero-order valence-corrected chi connectivity index (χ0v) is 12.4. The average Bonchev–Trinajstić information content (AvgIpc) is 2.93. The van der Waals surface area contributed by atoms with Gasteiger partial charge in [-0.3, -0.25) is 0 Å². The maximum Gasteiger partial charge on any atom is 0.140 e. The summed E-state index contributed by atoms with van der Waals surface area (Å²) in [5, 5.41) is 12.7. The third-order valence-corrected chi connectivity index (χ3v) is 3.42. The van der Waals surface area contributed by atoms with Gasteiger partial charge in [-0.2, -0.15) is 10.2 Å². The molecule has 4 nitrogen and oxygen atoms in total. The predicted molar refractivity (Wildman–Crippen MR) is 90.4 cm³/mol. The normalized spacial score (nSPS) is 18.0. The first-order valence-electron chi connectivity index (χ1n) is 7.26. The van der Waals surface area contributed by atoms with Gasteiger partial charge < -0.3 is 0 Å². The molecule has 0 aromatic heterocycles. The van der Waals surface area contributed by atoms with E-state index in [0.29, 0.717) is 0 Å². The molecular formula is C18H18N4. The second kappa shape index (κ2) is 6.72. The summed E-state index contributed by atoms with van der Waals surface area (Å²) in [6, 6.07) is 20.1. The number of hydrazone groups is 2. The SMILES string of the molecule is CC1N(N=Cc2ccccc2)C=CN1N=Cc1ccccc1. The van der Waals surface area contributed by atoms with E-state index in [4.69, 9.17) is 0 Å². The Morgan fingerprint density at radius 2 is 1.14 bits per heavy atom. The first kappa shape index (κ1) is 14.1. The lowest BCUT2D eigenvalue weighted by Gasteiger charge is -2.22. The third kappa shape index (κ3) is 3.41. The van der Waals surface area contributed by atoms with Gasteiger partial charge in [0.2, 0.25) is 0 Å². The van der Waals surface area contributed by atoms with Crippen LogP contribution in [0.5, 0.6) is 0 Å². The Labute approximate surface area is 130 Å². The van der Waals surface area contributed by atoms with Crippen molar-refractivity contribution in [2.45, 2.75) is 13.1 Å². The summed E-state index contributed by atoms with van der Waals surface area (Å²) in [6.07, 6.45) is 7.61. The fourth-order valence-electron chi connectivity index (χ4n) is 2.12. The van der Waals surface area contributed by atoms with Crippen LogP contribution >= 0.6 is 0 Å². The Morgan fingerprint density at radius 3 is 1.55 bits per heavy atom. The minimum absolute atomic E-state index is 0.0555. The van der Waals surface area contributed by atoms with Gasteiger partial charge >= 0.3 is 0 Å². The number of nitrogens with zero attached hydrogens (tertiary/aromatic N) is 4. The summed E-state index contributed by atoms with van der Waals surface area (Å²) in [5.74, 6) is 0. The molecule has 0 fully saturated rings. The van der Waals surface area contributed by atoms with Crippen molar-refractivity contribution >= 4 is 12.4 Å². The molecule has 22 heavy (non-hydrogen) atoms. The first-order chi connectivity index (χ1) is 10.8. The topological polar surface area (TPSA) is 31.2 Å². The zero-order chi connectivity index (χ0) is 15.2. The lowest BCUT2D eigenvalue weighted by molar-refractivity contribution is 0.181. The van der Waals surface area contributed by atoms with Crippen LogP contribution in [-0.2, 0) is 0 Å². The number of hydrogen-bond donors (Lipinski definition) is 0. The smallest absolute Gasteiger partial charge is 0.140 e. The molecule has 0 radical (unpaired) electrons. The molecule has 0 atom stereocenters. The molecule has 0 amide bonds. The van der Waals surface area contributed by atoms with Gasteiger partial charge in [-0.05, 0) is 18.1 Å². The van der Waals surface area contributed by atoms with Crippen LogP contribution in [0.25, 0.3) is 0 Å². The molecule has 1 aliphatic heterocycles. The number of rotatable bonds is 4. The maximum atomic E-state index is 4.49. The molecule has 2 aromatic rings. The van der Waals surface area contributed by atoms with Crippen molar-refractivity contribution < 1.29 is 0 Å². The van der Waals surface area contributed by atoms with Crippen LogP contribution in [0.4, 0.5) is 0 Å². The van der Waals surface area contributed by atoms with Crippen molar-refractivity contribution in [3.8, 4) is 0 Å². The Bertz CT molecular complexity index is 617. The minimum atomic E-state index is 0.0555. The highest BCUT2D eigenvalue weighted by molar-refractivity contribution is 5.79. The molecule has 1 heterocycles. The Balaban J connectivity index is 1.63. The maximum absolute atomic E-state index is 4.49. The molecule has 3 rings (SSSR count). The first-order valence-corrected chi connectivity index (χ1v) is 7.26. The van der Waals surface area contributed by atoms with Gasteiger partial charge in [0.25, 0.3) is 0 Å². The highest BCUT2D eigenvalue weighted by Crippen LogP contribution is 2.16. The fraction of sp³-hybridized carbons (Fsp3) is 0.111. The minimum Gasteiger partial charge on any atom is -0.247 e. The van der Waals surface area contributed by atoms with Gasteiger partial charge in [-0.15, -0.1) is 0 Å². The lowest BCUT2D eigenvalue weighted by Crippen LogP contribution is -2.29. The van der Waals surface area contributed by atoms with Gasteiger partial charge in [0.1, 0.15) is 6.17 Å². The van der Waals surface area contributed by atoms with Gasteiger partial charge in [-0.1, -0.05) is 60.7 Å². The van der Waals surface area contributed by atoms with Crippen molar-refractivity contribution in [2.75, 3.05) is 0 Å². The van der Waals surface area contributed by atoms with Crippen LogP contribution in [0, 0.1) is 0 Å². The summed E-state index contributed by atoms with van der Waals surface area (Å²) in [5.41, 5.74) is 2.16. The van der Waals surface area contributed by atoms with Gasteiger partial charge in [0.15, 0.2) is 0 Å². The van der Waals surface area contributed by atoms with Crippen molar-refractivity contribution in [2.24, 2.45) is 10.2 Å². The summed E-state index contributed by atoms with van der Waals surface area (Å²) in [6.45, 7) is 2.06. The van der Waals surface area contributed by atoms with E-state index in [1.807, 2.05) is 95.5 Å². The monoisotopic (exact) mass is 290 g/mol. The molecule has 1 aliphatic rings. The molecule has 4 heteroatoms. The van der Waals surface area contributed by atoms with E-state index in [2.05, 4.69) is 17.1 Å². The molecule has 2 aromatic carbocycles. The van der Waals surface area contributed by atoms with Gasteiger partial charge in [0.05, 0.1) is 12.4 Å². The van der Waals surface area contributed by atoms with Crippen LogP contribution in [0.2, 0.25) is 0 Å². The predicted octanol–water partition coefficient (Wildman–Crippen LogP) is 3.49. The molecular weight excluding hydrogens is 272 g/mol. The summed E-state index contributed by atoms with van der Waals surface area (Å²) in [4.78, 5) is 0. The second-order valence-corrected chi connectivity index (χ2v) is 5.00. The molecule has 0 N–H and O–H groups in total. The zero-order valence-electron chi connectivity index (χ0n) is 12.4. The molecule has 0 saturated heterocycles. The Kier molecular flexibility index (Phi) is 4.30. The van der Waals surface area contributed by atoms with E-state index >= 15 is 0 Å². The second-order valence-electron chi connectivity index (χ2n) is 5.00. The highest BCUT2D eigenvalue weighted by Gasteiger charge is 2.20. The number of hydrogen-bond acceptors (Lipinski definition) is 4. The van der Waals surface area contributed by atoms with Crippen molar-refractivity contribution in [3.63, 3.8) is 0 Å². The van der Waals surface area contributed by atoms with Crippen LogP contribution < -0.4 is 0 Å². The van der Waals surface area contributed by atoms with Gasteiger partial charge in [-0.25, -0.2) is 10.0 Å². The number of benzene rings is 2. The van der Waals surface area contributed by atoms with E-state index in [1.54, 1.807) is 0 Å². The average molecular weight is 290 g/mol. The molecule has 0 bridgehead atoms. The summed E-state index contributed by atoms with van der Waals surface area (Å²) in [7, 11) is 0. The summed E-state index contributed by atoms with van der Waals surface area (Å²) >= 11 is 0. The molecule has 0 unspecified atom stereocenters. The van der Waals surface area contributed by atoms with E-state index in [0.717, 1.165) is 11.1 Å².